The van der Waals surface area contributed by atoms with Crippen molar-refractivity contribution >= 4 is 12.3 Å². The average Bonchev–Trinajstić information content (AvgIpc) is 2.07. The van der Waals surface area contributed by atoms with Crippen LogP contribution in [-0.4, -0.2) is 12.3 Å². The fraction of sp³-hybridized carbons (Fsp3) is 0.750. The van der Waals surface area contributed by atoms with Gasteiger partial charge in [0.1, 0.15) is 0 Å². The van der Waals surface area contributed by atoms with Crippen molar-refractivity contribution in [2.45, 2.75) is 32.1 Å². The summed E-state index contributed by atoms with van der Waals surface area (Å²) in [4.78, 5) is 20.8. The van der Waals surface area contributed by atoms with Crippen LogP contribution in [0.1, 0.15) is 32.1 Å². The smallest absolute Gasteiger partial charge is 0.288 e. The van der Waals surface area contributed by atoms with Crippen molar-refractivity contribution in [3.8, 4) is 0 Å². The summed E-state index contributed by atoms with van der Waals surface area (Å²) in [6.07, 6.45) is 6.70. The van der Waals surface area contributed by atoms with Crippen LogP contribution in [0.5, 0.6) is 0 Å². The first-order valence-electron chi connectivity index (χ1n) is 4.01. The lowest BCUT2D eigenvalue weighted by Gasteiger charge is -2.18. The highest BCUT2D eigenvalue weighted by molar-refractivity contribution is 5.87. The summed E-state index contributed by atoms with van der Waals surface area (Å²) in [5.74, 6) is -0.0927. The molecule has 11 heavy (non-hydrogen) atoms. The van der Waals surface area contributed by atoms with Crippen molar-refractivity contribution in [2.24, 2.45) is 5.92 Å². The van der Waals surface area contributed by atoms with Gasteiger partial charge in [-0.25, -0.2) is 0 Å². The summed E-state index contributed by atoms with van der Waals surface area (Å²) in [6.45, 7) is 0. The zero-order valence-corrected chi connectivity index (χ0v) is 6.43. The molecule has 0 aromatic rings. The maximum absolute atomic E-state index is 11.0. The minimum absolute atomic E-state index is 0.0604. The van der Waals surface area contributed by atoms with Crippen LogP contribution in [0.25, 0.3) is 0 Å². The molecule has 0 spiro atoms. The van der Waals surface area contributed by atoms with E-state index in [0.29, 0.717) is 0 Å². The molecule has 0 unspecified atom stereocenters. The van der Waals surface area contributed by atoms with Crippen LogP contribution in [0, 0.1) is 5.92 Å². The van der Waals surface area contributed by atoms with Gasteiger partial charge in [-0.2, -0.15) is 0 Å². The van der Waals surface area contributed by atoms with E-state index in [1.54, 1.807) is 0 Å². The average molecular weight is 154 g/mol. The predicted octanol–water partition coefficient (Wildman–Crippen LogP) is 0.750. The quantitative estimate of drug-likeness (QED) is 0.596. The standard InChI is InChI=1S/C8H12NO2/c10-6-9-8(11)7-4-2-1-3-5-7/h7H,1-5H2,(H,9,10,11). The third-order valence-electron chi connectivity index (χ3n) is 2.15. The Morgan fingerprint density at radius 2 is 1.91 bits per heavy atom. The molecule has 0 aliphatic heterocycles. The van der Waals surface area contributed by atoms with Crippen LogP contribution in [0.2, 0.25) is 0 Å². The van der Waals surface area contributed by atoms with E-state index < -0.39 is 0 Å². The van der Waals surface area contributed by atoms with E-state index in [0.717, 1.165) is 25.7 Å². The molecular formula is C8H12NO2. The zero-order valence-electron chi connectivity index (χ0n) is 6.43. The first-order chi connectivity index (χ1) is 5.34. The molecule has 0 aromatic carbocycles. The van der Waals surface area contributed by atoms with Crippen molar-refractivity contribution in [2.75, 3.05) is 0 Å². The van der Waals surface area contributed by atoms with Crippen molar-refractivity contribution in [1.29, 1.82) is 0 Å². The minimum atomic E-state index is -0.153. The van der Waals surface area contributed by atoms with Crippen LogP contribution in [-0.2, 0) is 9.59 Å². The summed E-state index contributed by atoms with van der Waals surface area (Å²) in [7, 11) is 0. The van der Waals surface area contributed by atoms with Crippen molar-refractivity contribution in [3.63, 3.8) is 0 Å². The number of amides is 2. The van der Waals surface area contributed by atoms with Crippen molar-refractivity contribution < 1.29 is 9.59 Å². The van der Waals surface area contributed by atoms with Crippen LogP contribution in [0.3, 0.4) is 0 Å². The first-order valence-corrected chi connectivity index (χ1v) is 4.01. The molecule has 2 amide bonds. The molecule has 0 heterocycles. The SMILES string of the molecule is O=[C]NC(=O)C1CCCCC1. The van der Waals surface area contributed by atoms with Crippen molar-refractivity contribution in [3.05, 3.63) is 0 Å². The van der Waals surface area contributed by atoms with E-state index >= 15 is 0 Å². The van der Waals surface area contributed by atoms with Gasteiger partial charge in [-0.3, -0.25) is 14.9 Å². The number of carbonyl (C=O) groups is 1. The second-order valence-corrected chi connectivity index (χ2v) is 2.93. The molecule has 0 bridgehead atoms. The molecule has 61 valence electrons. The number of hydrogen-bond donors (Lipinski definition) is 1. The lowest BCUT2D eigenvalue weighted by atomic mass is 9.89. The Morgan fingerprint density at radius 3 is 2.45 bits per heavy atom. The molecular weight excluding hydrogens is 142 g/mol. The highest BCUT2D eigenvalue weighted by Gasteiger charge is 2.20. The summed E-state index contributed by atoms with van der Waals surface area (Å²) >= 11 is 0. The van der Waals surface area contributed by atoms with Gasteiger partial charge in [0, 0.05) is 5.92 Å². The molecule has 1 aliphatic carbocycles. The fourth-order valence-corrected chi connectivity index (χ4v) is 1.52. The number of rotatable bonds is 2. The highest BCUT2D eigenvalue weighted by Crippen LogP contribution is 2.23. The van der Waals surface area contributed by atoms with Gasteiger partial charge in [-0.1, -0.05) is 19.3 Å². The number of imide groups is 1. The third kappa shape index (κ3) is 2.33. The molecule has 1 N–H and O–H groups in total. The molecule has 1 rings (SSSR count). The van der Waals surface area contributed by atoms with Crippen molar-refractivity contribution in [1.82, 2.24) is 5.32 Å². The molecule has 0 saturated heterocycles. The molecule has 1 aliphatic rings. The topological polar surface area (TPSA) is 46.2 Å². The Hall–Kier alpha value is -0.860. The van der Waals surface area contributed by atoms with Gasteiger partial charge in [-0.15, -0.1) is 0 Å². The first kappa shape index (κ1) is 8.24. The molecule has 3 heteroatoms. The van der Waals surface area contributed by atoms with Gasteiger partial charge < -0.3 is 0 Å². The van der Waals surface area contributed by atoms with E-state index in [1.165, 1.54) is 12.8 Å². The zero-order chi connectivity index (χ0) is 8.10. The van der Waals surface area contributed by atoms with Gasteiger partial charge in [0.15, 0.2) is 0 Å². The van der Waals surface area contributed by atoms with Crippen LogP contribution in [0.4, 0.5) is 0 Å². The van der Waals surface area contributed by atoms with E-state index in [9.17, 15) is 9.59 Å². The predicted molar refractivity (Wildman–Crippen MR) is 40.4 cm³/mol. The Bertz CT molecular complexity index is 150. The van der Waals surface area contributed by atoms with E-state index in [-0.39, 0.29) is 11.8 Å². The van der Waals surface area contributed by atoms with E-state index in [4.69, 9.17) is 0 Å². The van der Waals surface area contributed by atoms with Crippen LogP contribution >= 0.6 is 0 Å². The lowest BCUT2D eigenvalue weighted by molar-refractivity contribution is -0.124. The Morgan fingerprint density at radius 1 is 1.27 bits per heavy atom. The monoisotopic (exact) mass is 154 g/mol. The lowest BCUT2D eigenvalue weighted by Crippen LogP contribution is -2.30. The largest absolute Gasteiger partial charge is 0.316 e. The van der Waals surface area contributed by atoms with E-state index in [1.807, 2.05) is 0 Å². The molecule has 3 nitrogen and oxygen atoms in total. The summed E-state index contributed by atoms with van der Waals surface area (Å²) in [5, 5.41) is 2.07. The number of nitrogens with one attached hydrogen (secondary N) is 1. The Kier molecular flexibility index (Phi) is 3.08. The summed E-state index contributed by atoms with van der Waals surface area (Å²) in [5.41, 5.74) is 0. The highest BCUT2D eigenvalue weighted by atomic mass is 16.2. The van der Waals surface area contributed by atoms with Gasteiger partial charge in [-0.05, 0) is 12.8 Å². The number of carbonyl (C=O) groups excluding carboxylic acids is 2. The maximum atomic E-state index is 11.0. The molecule has 1 fully saturated rings. The van der Waals surface area contributed by atoms with Gasteiger partial charge in [0.25, 0.3) is 0 Å². The van der Waals surface area contributed by atoms with Crippen LogP contribution < -0.4 is 5.32 Å². The summed E-state index contributed by atoms with van der Waals surface area (Å²) < 4.78 is 0. The molecule has 0 atom stereocenters. The number of hydrogen-bond acceptors (Lipinski definition) is 2. The third-order valence-corrected chi connectivity index (χ3v) is 2.15. The minimum Gasteiger partial charge on any atom is -0.288 e. The van der Waals surface area contributed by atoms with Gasteiger partial charge in [0.05, 0.1) is 0 Å². The fourth-order valence-electron chi connectivity index (χ4n) is 1.52. The summed E-state index contributed by atoms with van der Waals surface area (Å²) in [6, 6.07) is 0. The van der Waals surface area contributed by atoms with Crippen LogP contribution in [0.15, 0.2) is 0 Å². The molecule has 0 aromatic heterocycles. The second-order valence-electron chi connectivity index (χ2n) is 2.93. The van der Waals surface area contributed by atoms with Gasteiger partial charge in [0.2, 0.25) is 5.91 Å². The normalized spacial score (nSPS) is 19.3. The Labute approximate surface area is 66.2 Å². The molecule has 1 radical (unpaired) electrons. The van der Waals surface area contributed by atoms with E-state index in [2.05, 4.69) is 5.32 Å². The second kappa shape index (κ2) is 4.11. The molecule has 1 saturated carbocycles. The van der Waals surface area contributed by atoms with Gasteiger partial charge >= 0.3 is 6.41 Å². The Balaban J connectivity index is 2.32. The maximum Gasteiger partial charge on any atom is 0.316 e.